The van der Waals surface area contributed by atoms with Gasteiger partial charge in [-0.15, -0.1) is 0 Å². The van der Waals surface area contributed by atoms with E-state index in [0.29, 0.717) is 12.1 Å². The fraction of sp³-hybridized carbons (Fsp3) is 0.250. The minimum Gasteiger partial charge on any atom is -0.296 e. The van der Waals surface area contributed by atoms with Gasteiger partial charge in [0.15, 0.2) is 0 Å². The van der Waals surface area contributed by atoms with Gasteiger partial charge >= 0.3 is 0 Å². The first kappa shape index (κ1) is 15.2. The van der Waals surface area contributed by atoms with E-state index in [1.165, 1.54) is 0 Å². The number of nitrogens with two attached hydrogens (primary N) is 1. The maximum Gasteiger partial charge on any atom is 0.265 e. The molecule has 3 N–H and O–H groups in total. The molecule has 5 heteroatoms. The zero-order valence-electron chi connectivity index (χ0n) is 12.3. The molecule has 2 aromatic rings. The Balaban J connectivity index is 2.09. The number of carbonyl (C=O) groups excluding carboxylic acids is 1. The van der Waals surface area contributed by atoms with Crippen LogP contribution in [0.15, 0.2) is 42.5 Å². The second-order valence-corrected chi connectivity index (χ2v) is 5.07. The first-order chi connectivity index (χ1) is 10.1. The number of aryl methyl sites for hydroxylation is 1. The Morgan fingerprint density at radius 1 is 1.19 bits per heavy atom. The fourth-order valence-electron chi connectivity index (χ4n) is 2.27. The molecule has 5 nitrogen and oxygen atoms in total. The molecular weight excluding hydrogens is 264 g/mol. The topological polar surface area (TPSA) is 71.2 Å². The number of amides is 1. The van der Waals surface area contributed by atoms with Gasteiger partial charge in [0.05, 0.1) is 5.69 Å². The number of carbonyl (C=O) groups is 1. The van der Waals surface area contributed by atoms with Crippen LogP contribution in [0.3, 0.4) is 0 Å². The van der Waals surface area contributed by atoms with Crippen LogP contribution in [0, 0.1) is 6.92 Å². The van der Waals surface area contributed by atoms with Crippen LogP contribution < -0.4 is 11.3 Å². The lowest BCUT2D eigenvalue weighted by molar-refractivity contribution is 0.0952. The van der Waals surface area contributed by atoms with Crippen molar-refractivity contribution in [2.24, 2.45) is 5.84 Å². The molecule has 1 heterocycles. The van der Waals surface area contributed by atoms with Crippen LogP contribution in [0.25, 0.3) is 0 Å². The molecular formula is C16H20N4O. The van der Waals surface area contributed by atoms with E-state index in [1.54, 1.807) is 6.07 Å². The van der Waals surface area contributed by atoms with E-state index in [4.69, 9.17) is 5.84 Å². The smallest absolute Gasteiger partial charge is 0.265 e. The fourth-order valence-corrected chi connectivity index (χ4v) is 2.27. The molecule has 0 aliphatic carbocycles. The van der Waals surface area contributed by atoms with Gasteiger partial charge in [-0.3, -0.25) is 20.1 Å². The van der Waals surface area contributed by atoms with E-state index in [2.05, 4.69) is 15.3 Å². The molecule has 1 amide bonds. The summed E-state index contributed by atoms with van der Waals surface area (Å²) < 4.78 is 0. The highest BCUT2D eigenvalue weighted by Crippen LogP contribution is 2.12. The molecule has 0 fully saturated rings. The van der Waals surface area contributed by atoms with Crippen LogP contribution in [0.4, 0.5) is 0 Å². The lowest BCUT2D eigenvalue weighted by Crippen LogP contribution is -2.31. The Morgan fingerprint density at radius 3 is 2.67 bits per heavy atom. The first-order valence-electron chi connectivity index (χ1n) is 6.80. The van der Waals surface area contributed by atoms with Gasteiger partial charge in [0.25, 0.3) is 5.91 Å². The number of nitrogen functional groups attached to an aromatic ring is 1. The Morgan fingerprint density at radius 2 is 1.95 bits per heavy atom. The van der Waals surface area contributed by atoms with Crippen LogP contribution in [0.2, 0.25) is 0 Å². The number of hydrogen-bond donors (Lipinski definition) is 2. The number of hydrazine groups is 1. The highest BCUT2D eigenvalue weighted by molar-refractivity contribution is 5.95. The summed E-state index contributed by atoms with van der Waals surface area (Å²) in [7, 11) is 2.00. The summed E-state index contributed by atoms with van der Waals surface area (Å²) >= 11 is 0. The van der Waals surface area contributed by atoms with Crippen LogP contribution >= 0.6 is 0 Å². The van der Waals surface area contributed by atoms with Crippen molar-refractivity contribution in [3.8, 4) is 0 Å². The van der Waals surface area contributed by atoms with Gasteiger partial charge in [-0.1, -0.05) is 24.3 Å². The van der Waals surface area contributed by atoms with Crippen molar-refractivity contribution in [2.75, 3.05) is 7.05 Å². The molecule has 0 saturated carbocycles. The van der Waals surface area contributed by atoms with Gasteiger partial charge < -0.3 is 0 Å². The molecule has 0 aliphatic rings. The van der Waals surface area contributed by atoms with E-state index in [-0.39, 0.29) is 5.91 Å². The standard InChI is InChI=1S/C16H20N4O/c1-12-6-5-8-14(18-12)11-20(2)10-13-7-3-4-9-15(13)16(21)19-17/h3-9H,10-11,17H2,1-2H3,(H,19,21). The SMILES string of the molecule is Cc1cccc(CN(C)Cc2ccccc2C(=O)NN)n1. The van der Waals surface area contributed by atoms with Gasteiger partial charge in [-0.25, -0.2) is 5.84 Å². The zero-order chi connectivity index (χ0) is 15.2. The molecule has 0 spiro atoms. The lowest BCUT2D eigenvalue weighted by Gasteiger charge is -2.18. The second-order valence-electron chi connectivity index (χ2n) is 5.07. The lowest BCUT2D eigenvalue weighted by atomic mass is 10.1. The maximum absolute atomic E-state index is 11.8. The zero-order valence-corrected chi connectivity index (χ0v) is 12.3. The number of benzene rings is 1. The number of nitrogens with one attached hydrogen (secondary N) is 1. The van der Waals surface area contributed by atoms with E-state index < -0.39 is 0 Å². The third kappa shape index (κ3) is 4.11. The Hall–Kier alpha value is -2.24. The van der Waals surface area contributed by atoms with Crippen molar-refractivity contribution in [2.45, 2.75) is 20.0 Å². The van der Waals surface area contributed by atoms with Gasteiger partial charge in [0, 0.05) is 24.3 Å². The van der Waals surface area contributed by atoms with E-state index >= 15 is 0 Å². The molecule has 1 aromatic heterocycles. The Kier molecular flexibility index (Phi) is 5.03. The van der Waals surface area contributed by atoms with Crippen LogP contribution in [-0.4, -0.2) is 22.8 Å². The normalized spacial score (nSPS) is 10.7. The van der Waals surface area contributed by atoms with Gasteiger partial charge in [0.1, 0.15) is 0 Å². The molecule has 0 atom stereocenters. The third-order valence-electron chi connectivity index (χ3n) is 3.21. The highest BCUT2D eigenvalue weighted by atomic mass is 16.2. The first-order valence-corrected chi connectivity index (χ1v) is 6.80. The minimum atomic E-state index is -0.271. The van der Waals surface area contributed by atoms with Crippen molar-refractivity contribution < 1.29 is 4.79 Å². The van der Waals surface area contributed by atoms with Crippen molar-refractivity contribution in [1.82, 2.24) is 15.3 Å². The molecule has 2 rings (SSSR count). The molecule has 0 radical (unpaired) electrons. The summed E-state index contributed by atoms with van der Waals surface area (Å²) in [6.45, 7) is 3.35. The second kappa shape index (κ2) is 6.97. The number of nitrogens with zero attached hydrogens (tertiary/aromatic N) is 2. The summed E-state index contributed by atoms with van der Waals surface area (Å²) in [6, 6.07) is 13.4. The van der Waals surface area contributed by atoms with Crippen molar-refractivity contribution >= 4 is 5.91 Å². The monoisotopic (exact) mass is 284 g/mol. The average molecular weight is 284 g/mol. The molecule has 1 aromatic carbocycles. The number of hydrogen-bond acceptors (Lipinski definition) is 4. The molecule has 0 bridgehead atoms. The number of rotatable bonds is 5. The number of aromatic nitrogens is 1. The summed E-state index contributed by atoms with van der Waals surface area (Å²) in [5, 5.41) is 0. The molecule has 21 heavy (non-hydrogen) atoms. The van der Waals surface area contributed by atoms with Crippen molar-refractivity contribution in [3.05, 3.63) is 65.0 Å². The van der Waals surface area contributed by atoms with E-state index in [1.807, 2.05) is 50.4 Å². The quantitative estimate of drug-likeness (QED) is 0.497. The van der Waals surface area contributed by atoms with Gasteiger partial charge in [-0.05, 0) is 37.7 Å². The number of pyridine rings is 1. The van der Waals surface area contributed by atoms with Gasteiger partial charge in [-0.2, -0.15) is 0 Å². The minimum absolute atomic E-state index is 0.271. The van der Waals surface area contributed by atoms with Crippen molar-refractivity contribution in [1.29, 1.82) is 0 Å². The molecule has 0 saturated heterocycles. The summed E-state index contributed by atoms with van der Waals surface area (Å²) in [5.74, 6) is 4.95. The van der Waals surface area contributed by atoms with E-state index in [9.17, 15) is 4.79 Å². The molecule has 110 valence electrons. The van der Waals surface area contributed by atoms with Crippen LogP contribution in [0.1, 0.15) is 27.3 Å². The third-order valence-corrected chi connectivity index (χ3v) is 3.21. The van der Waals surface area contributed by atoms with Gasteiger partial charge in [0.2, 0.25) is 0 Å². The summed E-state index contributed by atoms with van der Waals surface area (Å²) in [5.41, 5.74) is 5.74. The van der Waals surface area contributed by atoms with E-state index in [0.717, 1.165) is 23.5 Å². The van der Waals surface area contributed by atoms with Crippen LogP contribution in [0.5, 0.6) is 0 Å². The predicted octanol–water partition coefficient (Wildman–Crippen LogP) is 1.63. The average Bonchev–Trinajstić information content (AvgIpc) is 2.47. The van der Waals surface area contributed by atoms with Crippen LogP contribution in [-0.2, 0) is 13.1 Å². The molecule has 0 unspecified atom stereocenters. The highest BCUT2D eigenvalue weighted by Gasteiger charge is 2.11. The molecule has 0 aliphatic heterocycles. The summed E-state index contributed by atoms with van der Waals surface area (Å²) in [4.78, 5) is 18.4. The maximum atomic E-state index is 11.8. The largest absolute Gasteiger partial charge is 0.296 e. The van der Waals surface area contributed by atoms with Crippen molar-refractivity contribution in [3.63, 3.8) is 0 Å². The predicted molar refractivity (Wildman–Crippen MR) is 82.2 cm³/mol. The Bertz CT molecular complexity index is 627. The summed E-state index contributed by atoms with van der Waals surface area (Å²) in [6.07, 6.45) is 0. The Labute approximate surface area is 124 Å².